The van der Waals surface area contributed by atoms with Crippen molar-refractivity contribution < 1.29 is 14.3 Å². The minimum atomic E-state index is -0.296. The molecule has 5 nitrogen and oxygen atoms in total. The molecule has 21 heavy (non-hydrogen) atoms. The SMILES string of the molecule is CC(C)C1(C(=O)NCc2cccc3c2OCO3)CCNC1. The second-order valence-electron chi connectivity index (χ2n) is 6.07. The van der Waals surface area contributed by atoms with Crippen LogP contribution >= 0.6 is 0 Å². The van der Waals surface area contributed by atoms with Crippen molar-refractivity contribution in [3.8, 4) is 11.5 Å². The summed E-state index contributed by atoms with van der Waals surface area (Å²) in [4.78, 5) is 12.7. The topological polar surface area (TPSA) is 59.6 Å². The molecule has 0 aromatic heterocycles. The van der Waals surface area contributed by atoms with Gasteiger partial charge < -0.3 is 20.1 Å². The van der Waals surface area contributed by atoms with Gasteiger partial charge in [-0.1, -0.05) is 26.0 Å². The fourth-order valence-corrected chi connectivity index (χ4v) is 3.14. The third kappa shape index (κ3) is 2.46. The van der Waals surface area contributed by atoms with Crippen LogP contribution < -0.4 is 20.1 Å². The number of para-hydroxylation sites is 1. The summed E-state index contributed by atoms with van der Waals surface area (Å²) in [6.45, 7) is 6.61. The predicted molar refractivity (Wildman–Crippen MR) is 79.2 cm³/mol. The van der Waals surface area contributed by atoms with E-state index in [1.807, 2.05) is 18.2 Å². The van der Waals surface area contributed by atoms with E-state index in [1.54, 1.807) is 0 Å². The molecule has 0 aliphatic carbocycles. The van der Waals surface area contributed by atoms with Crippen molar-refractivity contribution in [1.82, 2.24) is 10.6 Å². The lowest BCUT2D eigenvalue weighted by Crippen LogP contribution is -2.45. The molecule has 114 valence electrons. The second-order valence-corrected chi connectivity index (χ2v) is 6.07. The van der Waals surface area contributed by atoms with E-state index >= 15 is 0 Å². The molecule has 1 saturated heterocycles. The van der Waals surface area contributed by atoms with E-state index in [1.165, 1.54) is 0 Å². The van der Waals surface area contributed by atoms with Crippen LogP contribution in [0.1, 0.15) is 25.8 Å². The molecule has 0 radical (unpaired) electrons. The van der Waals surface area contributed by atoms with Gasteiger partial charge in [0.25, 0.3) is 0 Å². The van der Waals surface area contributed by atoms with E-state index < -0.39 is 0 Å². The Labute approximate surface area is 125 Å². The number of fused-ring (bicyclic) bond motifs is 1. The van der Waals surface area contributed by atoms with Crippen LogP contribution in [0.15, 0.2) is 18.2 Å². The summed E-state index contributed by atoms with van der Waals surface area (Å²) < 4.78 is 10.8. The zero-order chi connectivity index (χ0) is 14.9. The second kappa shape index (κ2) is 5.56. The molecule has 2 aliphatic rings. The Balaban J connectivity index is 1.70. The molecule has 1 amide bonds. The van der Waals surface area contributed by atoms with E-state index in [9.17, 15) is 4.79 Å². The molecule has 0 bridgehead atoms. The van der Waals surface area contributed by atoms with E-state index in [4.69, 9.17) is 9.47 Å². The van der Waals surface area contributed by atoms with Gasteiger partial charge in [0.05, 0.1) is 5.41 Å². The maximum absolute atomic E-state index is 12.7. The van der Waals surface area contributed by atoms with Crippen LogP contribution in [0.5, 0.6) is 11.5 Å². The molecule has 2 N–H and O–H groups in total. The molecule has 1 atom stereocenters. The summed E-state index contributed by atoms with van der Waals surface area (Å²) in [6.07, 6.45) is 0.892. The van der Waals surface area contributed by atoms with Crippen molar-refractivity contribution in [2.24, 2.45) is 11.3 Å². The van der Waals surface area contributed by atoms with Gasteiger partial charge in [0, 0.05) is 18.7 Å². The maximum atomic E-state index is 12.7. The van der Waals surface area contributed by atoms with Gasteiger partial charge in [-0.25, -0.2) is 0 Å². The van der Waals surface area contributed by atoms with Crippen LogP contribution in [0.4, 0.5) is 0 Å². The monoisotopic (exact) mass is 290 g/mol. The molecule has 1 fully saturated rings. The largest absolute Gasteiger partial charge is 0.454 e. The average Bonchev–Trinajstić information content (AvgIpc) is 3.13. The number of amides is 1. The van der Waals surface area contributed by atoms with Crippen molar-refractivity contribution >= 4 is 5.91 Å². The highest BCUT2D eigenvalue weighted by molar-refractivity contribution is 5.83. The van der Waals surface area contributed by atoms with Crippen LogP contribution in [0.2, 0.25) is 0 Å². The van der Waals surface area contributed by atoms with Crippen molar-refractivity contribution in [3.05, 3.63) is 23.8 Å². The van der Waals surface area contributed by atoms with Gasteiger partial charge in [-0.3, -0.25) is 4.79 Å². The van der Waals surface area contributed by atoms with E-state index in [0.29, 0.717) is 12.5 Å². The minimum Gasteiger partial charge on any atom is -0.454 e. The molecule has 5 heteroatoms. The van der Waals surface area contributed by atoms with E-state index in [2.05, 4.69) is 24.5 Å². The fraction of sp³-hybridized carbons (Fsp3) is 0.562. The first-order valence-corrected chi connectivity index (χ1v) is 7.50. The van der Waals surface area contributed by atoms with Gasteiger partial charge in [0.2, 0.25) is 12.7 Å². The first-order chi connectivity index (χ1) is 10.1. The van der Waals surface area contributed by atoms with Gasteiger partial charge in [-0.05, 0) is 24.9 Å². The Kier molecular flexibility index (Phi) is 3.76. The highest BCUT2D eigenvalue weighted by Gasteiger charge is 2.43. The molecule has 0 spiro atoms. The summed E-state index contributed by atoms with van der Waals surface area (Å²) in [6, 6.07) is 5.76. The van der Waals surface area contributed by atoms with E-state index in [-0.39, 0.29) is 18.1 Å². The van der Waals surface area contributed by atoms with Crippen molar-refractivity contribution in [2.45, 2.75) is 26.8 Å². The lowest BCUT2D eigenvalue weighted by atomic mass is 9.75. The number of hydrogen-bond acceptors (Lipinski definition) is 4. The Bertz CT molecular complexity index is 536. The highest BCUT2D eigenvalue weighted by atomic mass is 16.7. The van der Waals surface area contributed by atoms with Gasteiger partial charge in [-0.2, -0.15) is 0 Å². The molecule has 3 rings (SSSR count). The van der Waals surface area contributed by atoms with Gasteiger partial charge in [0.1, 0.15) is 0 Å². The lowest BCUT2D eigenvalue weighted by molar-refractivity contribution is -0.132. The molecule has 1 aromatic rings. The molecular formula is C16H22N2O3. The molecule has 1 aromatic carbocycles. The molecular weight excluding hydrogens is 268 g/mol. The van der Waals surface area contributed by atoms with Gasteiger partial charge in [0.15, 0.2) is 11.5 Å². The van der Waals surface area contributed by atoms with Gasteiger partial charge >= 0.3 is 0 Å². The van der Waals surface area contributed by atoms with Crippen LogP contribution in [0.3, 0.4) is 0 Å². The average molecular weight is 290 g/mol. The third-order valence-corrected chi connectivity index (χ3v) is 4.66. The number of hydrogen-bond donors (Lipinski definition) is 2. The van der Waals surface area contributed by atoms with Crippen LogP contribution in [0, 0.1) is 11.3 Å². The summed E-state index contributed by atoms with van der Waals surface area (Å²) >= 11 is 0. The highest BCUT2D eigenvalue weighted by Crippen LogP contribution is 2.36. The summed E-state index contributed by atoms with van der Waals surface area (Å²) in [7, 11) is 0. The summed E-state index contributed by atoms with van der Waals surface area (Å²) in [5.74, 6) is 1.94. The van der Waals surface area contributed by atoms with Crippen molar-refractivity contribution in [2.75, 3.05) is 19.9 Å². The van der Waals surface area contributed by atoms with Crippen LogP contribution in [-0.4, -0.2) is 25.8 Å². The molecule has 0 saturated carbocycles. The number of ether oxygens (including phenoxy) is 2. The summed E-state index contributed by atoms with van der Waals surface area (Å²) in [5.41, 5.74) is 0.665. The smallest absolute Gasteiger partial charge is 0.231 e. The Morgan fingerprint density at radius 1 is 1.43 bits per heavy atom. The zero-order valence-corrected chi connectivity index (χ0v) is 12.6. The standard InChI is InChI=1S/C16H22N2O3/c1-11(2)16(6-7-17-9-16)15(19)18-8-12-4-3-5-13-14(12)21-10-20-13/h3-5,11,17H,6-10H2,1-2H3,(H,18,19). The van der Waals surface area contributed by atoms with Gasteiger partial charge in [-0.15, -0.1) is 0 Å². The van der Waals surface area contributed by atoms with Crippen LogP contribution in [-0.2, 0) is 11.3 Å². The van der Waals surface area contributed by atoms with Crippen molar-refractivity contribution in [1.29, 1.82) is 0 Å². The number of carbonyl (C=O) groups is 1. The molecule has 2 heterocycles. The molecule has 2 aliphatic heterocycles. The first-order valence-electron chi connectivity index (χ1n) is 7.50. The molecule has 1 unspecified atom stereocenters. The van der Waals surface area contributed by atoms with Crippen molar-refractivity contribution in [3.63, 3.8) is 0 Å². The summed E-state index contributed by atoms with van der Waals surface area (Å²) in [5, 5.41) is 6.39. The zero-order valence-electron chi connectivity index (χ0n) is 12.6. The first kappa shape index (κ1) is 14.2. The lowest BCUT2D eigenvalue weighted by Gasteiger charge is -2.31. The number of rotatable bonds is 4. The normalized spacial score (nSPS) is 23.6. The number of benzene rings is 1. The number of nitrogens with one attached hydrogen (secondary N) is 2. The fourth-order valence-electron chi connectivity index (χ4n) is 3.14. The minimum absolute atomic E-state index is 0.124. The maximum Gasteiger partial charge on any atom is 0.231 e. The predicted octanol–water partition coefficient (Wildman–Crippen LogP) is 1.67. The quantitative estimate of drug-likeness (QED) is 0.885. The Morgan fingerprint density at radius 3 is 3.00 bits per heavy atom. The van der Waals surface area contributed by atoms with E-state index in [0.717, 1.165) is 36.6 Å². The number of carbonyl (C=O) groups excluding carboxylic acids is 1. The Morgan fingerprint density at radius 2 is 2.29 bits per heavy atom. The Hall–Kier alpha value is -1.75. The third-order valence-electron chi connectivity index (χ3n) is 4.66. The van der Waals surface area contributed by atoms with Crippen LogP contribution in [0.25, 0.3) is 0 Å².